The van der Waals surface area contributed by atoms with E-state index in [9.17, 15) is 4.79 Å². The van der Waals surface area contributed by atoms with Crippen LogP contribution in [-0.4, -0.2) is 23.2 Å². The lowest BCUT2D eigenvalue weighted by Crippen LogP contribution is -2.07. The van der Waals surface area contributed by atoms with Crippen LogP contribution < -0.4 is 0 Å². The average Bonchev–Trinajstić information content (AvgIpc) is 3.14. The van der Waals surface area contributed by atoms with Gasteiger partial charge in [0.1, 0.15) is 0 Å². The van der Waals surface area contributed by atoms with Crippen molar-refractivity contribution in [3.63, 3.8) is 0 Å². The first kappa shape index (κ1) is 18.2. The Morgan fingerprint density at radius 1 is 1.39 bits per heavy atom. The second-order valence-corrected chi connectivity index (χ2v) is 5.89. The number of hydrogen-bond acceptors (Lipinski definition) is 2. The highest BCUT2D eigenvalue weighted by Crippen LogP contribution is 2.42. The second kappa shape index (κ2) is 12.2. The number of rotatable bonds is 8. The van der Waals surface area contributed by atoms with Gasteiger partial charge in [-0.2, -0.15) is 0 Å². The number of ether oxygens (including phenoxy) is 1. The van der Waals surface area contributed by atoms with Crippen molar-refractivity contribution in [2.75, 3.05) is 17.3 Å². The van der Waals surface area contributed by atoms with Crippen LogP contribution in [0.5, 0.6) is 0 Å². The molecule has 2 nitrogen and oxygen atoms in total. The molecule has 0 aromatic carbocycles. The summed E-state index contributed by atoms with van der Waals surface area (Å²) in [5.74, 6) is 0.850. The Hall–Kier alpha value is 0.170. The molecular weight excluding hydrogens is 360 g/mol. The summed E-state index contributed by atoms with van der Waals surface area (Å²) < 4.78 is 4.93. The van der Waals surface area contributed by atoms with Gasteiger partial charge in [-0.15, -0.1) is 6.58 Å². The summed E-state index contributed by atoms with van der Waals surface area (Å²) in [7, 11) is 0. The van der Waals surface area contributed by atoms with E-state index in [1.54, 1.807) is 0 Å². The molecule has 0 bridgehead atoms. The number of carbonyl (C=O) groups is 1. The standard InChI is InChI=1S/C9H15BrO2.C5H9Br/c1-2-12-9(11)8-6-7(8)4-3-5-10;1-2-3-4-5-6/h7-8H,2-6H2,1H3;2H,1,3-5H2. The van der Waals surface area contributed by atoms with Crippen LogP contribution in [0.3, 0.4) is 0 Å². The van der Waals surface area contributed by atoms with E-state index in [1.807, 2.05) is 13.0 Å². The number of alkyl halides is 2. The first-order chi connectivity index (χ1) is 8.71. The number of carbonyl (C=O) groups excluding carboxylic acids is 1. The maximum Gasteiger partial charge on any atom is 0.309 e. The van der Waals surface area contributed by atoms with Gasteiger partial charge >= 0.3 is 5.97 Å². The maximum absolute atomic E-state index is 11.1. The number of allylic oxidation sites excluding steroid dienone is 1. The fourth-order valence-corrected chi connectivity index (χ4v) is 2.31. The van der Waals surface area contributed by atoms with Crippen molar-refractivity contribution in [1.29, 1.82) is 0 Å². The van der Waals surface area contributed by atoms with E-state index < -0.39 is 0 Å². The number of halogens is 2. The maximum atomic E-state index is 11.1. The fourth-order valence-electron chi connectivity index (χ4n) is 1.67. The normalized spacial score (nSPS) is 20.6. The lowest BCUT2D eigenvalue weighted by molar-refractivity contribution is -0.145. The molecule has 0 aromatic heterocycles. The average molecular weight is 384 g/mol. The minimum atomic E-state index is 0.0112. The summed E-state index contributed by atoms with van der Waals surface area (Å²) in [6.45, 7) is 5.95. The third-order valence-electron chi connectivity index (χ3n) is 2.76. The van der Waals surface area contributed by atoms with Gasteiger partial charge in [0.25, 0.3) is 0 Å². The third kappa shape index (κ3) is 9.15. The second-order valence-electron chi connectivity index (χ2n) is 4.31. The lowest BCUT2D eigenvalue weighted by atomic mass is 10.2. The van der Waals surface area contributed by atoms with E-state index in [4.69, 9.17) is 4.74 Å². The van der Waals surface area contributed by atoms with Gasteiger partial charge in [0.05, 0.1) is 12.5 Å². The SMILES string of the molecule is C=CCCCBr.CCOC(=O)C1CC1CCCBr. The molecule has 1 fully saturated rings. The van der Waals surface area contributed by atoms with Crippen LogP contribution in [0.2, 0.25) is 0 Å². The van der Waals surface area contributed by atoms with E-state index in [2.05, 4.69) is 38.4 Å². The monoisotopic (exact) mass is 382 g/mol. The summed E-state index contributed by atoms with van der Waals surface area (Å²) in [4.78, 5) is 11.1. The minimum Gasteiger partial charge on any atom is -0.466 e. The van der Waals surface area contributed by atoms with Crippen LogP contribution in [0.15, 0.2) is 12.7 Å². The minimum absolute atomic E-state index is 0.0112. The Labute approximate surface area is 128 Å². The summed E-state index contributed by atoms with van der Waals surface area (Å²) in [6.07, 6.45) is 7.65. The van der Waals surface area contributed by atoms with Gasteiger partial charge in [-0.3, -0.25) is 4.79 Å². The Bertz CT molecular complexity index is 232. The van der Waals surface area contributed by atoms with Crippen molar-refractivity contribution < 1.29 is 9.53 Å². The number of unbranched alkanes of at least 4 members (excludes halogenated alkanes) is 1. The van der Waals surface area contributed by atoms with Gasteiger partial charge in [-0.25, -0.2) is 0 Å². The predicted molar refractivity (Wildman–Crippen MR) is 84.5 cm³/mol. The van der Waals surface area contributed by atoms with Crippen molar-refractivity contribution in [3.8, 4) is 0 Å². The Morgan fingerprint density at radius 3 is 2.50 bits per heavy atom. The Morgan fingerprint density at radius 2 is 2.06 bits per heavy atom. The first-order valence-electron chi connectivity index (χ1n) is 6.60. The Balaban J connectivity index is 0.000000411. The van der Waals surface area contributed by atoms with Crippen LogP contribution in [0.25, 0.3) is 0 Å². The van der Waals surface area contributed by atoms with Crippen molar-refractivity contribution in [3.05, 3.63) is 12.7 Å². The predicted octanol–water partition coefficient (Wildman–Crippen LogP) is 4.71. The van der Waals surface area contributed by atoms with Gasteiger partial charge in [-0.1, -0.05) is 37.9 Å². The van der Waals surface area contributed by atoms with E-state index in [0.717, 1.165) is 29.9 Å². The van der Waals surface area contributed by atoms with Crippen LogP contribution in [0.4, 0.5) is 0 Å². The van der Waals surface area contributed by atoms with Crippen LogP contribution in [-0.2, 0) is 9.53 Å². The summed E-state index contributed by atoms with van der Waals surface area (Å²) >= 11 is 6.68. The van der Waals surface area contributed by atoms with Gasteiger partial charge in [0.15, 0.2) is 0 Å². The van der Waals surface area contributed by atoms with Crippen LogP contribution >= 0.6 is 31.9 Å². The topological polar surface area (TPSA) is 26.3 Å². The molecule has 1 aliphatic carbocycles. The highest BCUT2D eigenvalue weighted by atomic mass is 79.9. The molecule has 2 atom stereocenters. The summed E-state index contributed by atoms with van der Waals surface area (Å²) in [5.41, 5.74) is 0. The molecule has 1 saturated carbocycles. The van der Waals surface area contributed by atoms with Crippen molar-refractivity contribution in [2.45, 2.75) is 39.0 Å². The summed E-state index contributed by atoms with van der Waals surface area (Å²) in [5, 5.41) is 2.14. The zero-order valence-corrected chi connectivity index (χ0v) is 14.3. The van der Waals surface area contributed by atoms with Crippen molar-refractivity contribution in [1.82, 2.24) is 0 Å². The van der Waals surface area contributed by atoms with E-state index >= 15 is 0 Å². The van der Waals surface area contributed by atoms with Gasteiger partial charge < -0.3 is 4.74 Å². The quantitative estimate of drug-likeness (QED) is 0.262. The molecule has 1 rings (SSSR count). The molecular formula is C14H24Br2O2. The largest absolute Gasteiger partial charge is 0.466 e. The third-order valence-corrected chi connectivity index (χ3v) is 3.88. The zero-order valence-electron chi connectivity index (χ0n) is 11.2. The fraction of sp³-hybridized carbons (Fsp3) is 0.786. The van der Waals surface area contributed by atoms with Crippen LogP contribution in [0, 0.1) is 11.8 Å². The van der Waals surface area contributed by atoms with Crippen molar-refractivity contribution >= 4 is 37.8 Å². The number of hydrogen-bond donors (Lipinski definition) is 0. The molecule has 18 heavy (non-hydrogen) atoms. The molecule has 0 spiro atoms. The molecule has 0 aliphatic heterocycles. The molecule has 4 heteroatoms. The zero-order chi connectivity index (χ0) is 13.8. The van der Waals surface area contributed by atoms with Gasteiger partial charge in [-0.05, 0) is 44.9 Å². The highest BCUT2D eigenvalue weighted by Gasteiger charge is 2.43. The Kier molecular flexibility index (Phi) is 12.3. The molecule has 0 radical (unpaired) electrons. The van der Waals surface area contributed by atoms with Gasteiger partial charge in [0.2, 0.25) is 0 Å². The molecule has 1 aliphatic rings. The highest BCUT2D eigenvalue weighted by molar-refractivity contribution is 9.09. The molecule has 106 valence electrons. The number of esters is 1. The van der Waals surface area contributed by atoms with E-state index in [-0.39, 0.29) is 11.9 Å². The van der Waals surface area contributed by atoms with Gasteiger partial charge in [0, 0.05) is 10.7 Å². The smallest absolute Gasteiger partial charge is 0.309 e. The first-order valence-corrected chi connectivity index (χ1v) is 8.84. The van der Waals surface area contributed by atoms with Crippen LogP contribution in [0.1, 0.15) is 39.0 Å². The van der Waals surface area contributed by atoms with Crippen molar-refractivity contribution in [2.24, 2.45) is 11.8 Å². The molecule has 0 N–H and O–H groups in total. The lowest BCUT2D eigenvalue weighted by Gasteiger charge is -1.99. The molecule has 0 saturated heterocycles. The molecule has 2 unspecified atom stereocenters. The van der Waals surface area contributed by atoms with E-state index in [0.29, 0.717) is 12.5 Å². The molecule has 0 aromatic rings. The van der Waals surface area contributed by atoms with E-state index in [1.165, 1.54) is 12.8 Å². The summed E-state index contributed by atoms with van der Waals surface area (Å²) in [6, 6.07) is 0. The molecule has 0 amide bonds. The molecule has 0 heterocycles.